The molecular weight excluding hydrogens is 462 g/mol. The van der Waals surface area contributed by atoms with Crippen molar-refractivity contribution in [3.8, 4) is 0 Å². The van der Waals surface area contributed by atoms with Crippen molar-refractivity contribution in [3.05, 3.63) is 71.9 Å². The number of aliphatic hydroxyl groups is 2. The predicted octanol–water partition coefficient (Wildman–Crippen LogP) is 5.51. The number of hydrogen-bond acceptors (Lipinski definition) is 4. The van der Waals surface area contributed by atoms with Crippen LogP contribution in [0.1, 0.15) is 70.4 Å². The van der Waals surface area contributed by atoms with Gasteiger partial charge in [0.1, 0.15) is 11.6 Å². The number of fused-ring (bicyclic) bond motifs is 1. The second kappa shape index (κ2) is 9.52. The highest BCUT2D eigenvalue weighted by Gasteiger charge is 2.52. The molecule has 2 saturated carbocycles. The lowest BCUT2D eigenvalue weighted by Gasteiger charge is -2.46. The Morgan fingerprint density at radius 1 is 0.811 bits per heavy atom. The largest absolute Gasteiger partial charge is 0.392 e. The molecule has 1 heterocycles. The number of para-hydroxylation sites is 1. The molecule has 1 unspecified atom stereocenters. The monoisotopic (exact) mass is 501 g/mol. The van der Waals surface area contributed by atoms with Crippen molar-refractivity contribution < 1.29 is 19.8 Å². The molecule has 0 spiro atoms. The molecule has 5 nitrogen and oxygen atoms in total. The van der Waals surface area contributed by atoms with Gasteiger partial charge in [-0.25, -0.2) is 0 Å². The van der Waals surface area contributed by atoms with E-state index in [1.165, 1.54) is 0 Å². The minimum atomic E-state index is -0.868. The summed E-state index contributed by atoms with van der Waals surface area (Å²) in [5.41, 5.74) is 2.45. The fourth-order valence-corrected chi connectivity index (χ4v) is 7.08. The zero-order valence-corrected chi connectivity index (χ0v) is 22.4. The zero-order chi connectivity index (χ0) is 26.5. The first-order valence-corrected chi connectivity index (χ1v) is 13.5. The third kappa shape index (κ3) is 5.04. The molecular formula is C32H39NO4. The van der Waals surface area contributed by atoms with Gasteiger partial charge in [-0.2, -0.15) is 0 Å². The summed E-state index contributed by atoms with van der Waals surface area (Å²) in [6.07, 6.45) is 2.02. The fraction of sp³-hybridized carbons (Fsp3) is 0.500. The Balaban J connectivity index is 1.67. The standard InChI is InChI=1S/C32H39NO4/c1-31(2)14-24(34)29(25(35)15-31)28(30-26(36)16-32(3,4)17-27(30)37)22-19-33(18-20-10-6-5-7-11-20)23-13-9-8-12-21(22)23/h5-13,19,24,26,28-30,34,36H,14-18H2,1-4H3/t24-,26-,28?,29-,30+/m0/s1. The summed E-state index contributed by atoms with van der Waals surface area (Å²) in [4.78, 5) is 27.4. The van der Waals surface area contributed by atoms with E-state index in [1.54, 1.807) is 0 Å². The normalized spacial score (nSPS) is 28.4. The number of aliphatic hydroxyl groups excluding tert-OH is 2. The van der Waals surface area contributed by atoms with E-state index in [0.717, 1.165) is 22.0 Å². The van der Waals surface area contributed by atoms with Crippen molar-refractivity contribution in [1.29, 1.82) is 0 Å². The van der Waals surface area contributed by atoms with Gasteiger partial charge in [0.05, 0.1) is 24.0 Å². The average molecular weight is 502 g/mol. The maximum absolute atomic E-state index is 13.7. The van der Waals surface area contributed by atoms with Crippen LogP contribution in [0, 0.1) is 22.7 Å². The number of benzene rings is 2. The Morgan fingerprint density at radius 2 is 1.32 bits per heavy atom. The minimum Gasteiger partial charge on any atom is -0.392 e. The molecule has 5 rings (SSSR count). The molecule has 5 atom stereocenters. The van der Waals surface area contributed by atoms with Crippen LogP contribution < -0.4 is 0 Å². The summed E-state index contributed by atoms with van der Waals surface area (Å²) >= 11 is 0. The first-order chi connectivity index (χ1) is 17.5. The molecule has 2 aliphatic rings. The second-order valence-corrected chi connectivity index (χ2v) is 12.9. The van der Waals surface area contributed by atoms with E-state index in [-0.39, 0.29) is 22.4 Å². The van der Waals surface area contributed by atoms with Crippen LogP contribution in [0.5, 0.6) is 0 Å². The molecule has 0 radical (unpaired) electrons. The van der Waals surface area contributed by atoms with E-state index in [9.17, 15) is 19.8 Å². The van der Waals surface area contributed by atoms with E-state index in [4.69, 9.17) is 0 Å². The molecule has 0 aliphatic heterocycles. The molecule has 0 amide bonds. The number of aromatic nitrogens is 1. The molecule has 2 aromatic carbocycles. The smallest absolute Gasteiger partial charge is 0.139 e. The van der Waals surface area contributed by atoms with Gasteiger partial charge in [0.15, 0.2) is 0 Å². The van der Waals surface area contributed by atoms with Crippen molar-refractivity contribution in [2.24, 2.45) is 22.7 Å². The Kier molecular flexibility index (Phi) is 6.66. The van der Waals surface area contributed by atoms with Gasteiger partial charge < -0.3 is 14.8 Å². The molecule has 0 saturated heterocycles. The highest BCUT2D eigenvalue weighted by atomic mass is 16.3. The molecule has 0 bridgehead atoms. The van der Waals surface area contributed by atoms with Crippen LogP contribution >= 0.6 is 0 Å². The van der Waals surface area contributed by atoms with Gasteiger partial charge in [-0.15, -0.1) is 0 Å². The van der Waals surface area contributed by atoms with Gasteiger partial charge >= 0.3 is 0 Å². The van der Waals surface area contributed by atoms with Crippen molar-refractivity contribution >= 4 is 22.5 Å². The third-order valence-corrected chi connectivity index (χ3v) is 8.55. The van der Waals surface area contributed by atoms with Crippen LogP contribution in [0.25, 0.3) is 10.9 Å². The number of carbonyl (C=O) groups is 2. The highest BCUT2D eigenvalue weighted by Crippen LogP contribution is 2.50. The topological polar surface area (TPSA) is 79.5 Å². The van der Waals surface area contributed by atoms with Crippen LogP contribution in [0.3, 0.4) is 0 Å². The summed E-state index contributed by atoms with van der Waals surface area (Å²) in [6, 6.07) is 18.3. The number of hydrogen-bond donors (Lipinski definition) is 2. The van der Waals surface area contributed by atoms with Crippen molar-refractivity contribution in [1.82, 2.24) is 4.57 Å². The number of Topliss-reactive ketones (excluding diaryl/α,β-unsaturated/α-hetero) is 2. The molecule has 1 aromatic heterocycles. The first kappa shape index (κ1) is 25.9. The third-order valence-electron chi connectivity index (χ3n) is 8.55. The van der Waals surface area contributed by atoms with E-state index < -0.39 is 30.0 Å². The first-order valence-electron chi connectivity index (χ1n) is 13.5. The van der Waals surface area contributed by atoms with Crippen LogP contribution in [0.4, 0.5) is 0 Å². The lowest BCUT2D eigenvalue weighted by Crippen LogP contribution is -2.51. The number of ketones is 2. The summed E-state index contributed by atoms with van der Waals surface area (Å²) in [5.74, 6) is -2.07. The highest BCUT2D eigenvalue weighted by molar-refractivity contribution is 5.92. The quantitative estimate of drug-likeness (QED) is 0.483. The molecule has 3 aromatic rings. The zero-order valence-electron chi connectivity index (χ0n) is 22.4. The Labute approximate surface area is 219 Å². The fourth-order valence-electron chi connectivity index (χ4n) is 7.08. The summed E-state index contributed by atoms with van der Waals surface area (Å²) in [7, 11) is 0. The second-order valence-electron chi connectivity index (χ2n) is 12.9. The molecule has 37 heavy (non-hydrogen) atoms. The summed E-state index contributed by atoms with van der Waals surface area (Å²) in [6.45, 7) is 8.68. The van der Waals surface area contributed by atoms with Crippen molar-refractivity contribution in [2.75, 3.05) is 0 Å². The van der Waals surface area contributed by atoms with E-state index in [2.05, 4.69) is 29.0 Å². The van der Waals surface area contributed by atoms with Crippen LogP contribution in [-0.4, -0.2) is 38.6 Å². The lowest BCUT2D eigenvalue weighted by molar-refractivity contribution is -0.144. The van der Waals surface area contributed by atoms with Gasteiger partial charge in [0.25, 0.3) is 0 Å². The van der Waals surface area contributed by atoms with Crippen molar-refractivity contribution in [3.63, 3.8) is 0 Å². The van der Waals surface area contributed by atoms with Gasteiger partial charge in [-0.1, -0.05) is 76.2 Å². The van der Waals surface area contributed by atoms with Gasteiger partial charge in [-0.05, 0) is 40.9 Å². The predicted molar refractivity (Wildman–Crippen MR) is 145 cm³/mol. The maximum Gasteiger partial charge on any atom is 0.139 e. The summed E-state index contributed by atoms with van der Waals surface area (Å²) < 4.78 is 2.17. The van der Waals surface area contributed by atoms with Gasteiger partial charge in [0.2, 0.25) is 0 Å². The molecule has 5 heteroatoms. The Morgan fingerprint density at radius 3 is 1.86 bits per heavy atom. The SMILES string of the molecule is CC1(C)CC(=O)[C@H](C(c2cn(Cc3ccccc3)c3ccccc23)[C@@H]2C(=O)CC(C)(C)C[C@@H]2O)[C@@H](O)C1. The number of rotatable bonds is 5. The average Bonchev–Trinajstić information content (AvgIpc) is 3.14. The van der Waals surface area contributed by atoms with Crippen LogP contribution in [0.15, 0.2) is 60.8 Å². The van der Waals surface area contributed by atoms with E-state index >= 15 is 0 Å². The Bertz CT molecular complexity index is 1260. The van der Waals surface area contributed by atoms with E-state index in [1.807, 2.05) is 64.1 Å². The van der Waals surface area contributed by atoms with Gasteiger partial charge in [0, 0.05) is 42.4 Å². The van der Waals surface area contributed by atoms with Crippen LogP contribution in [0.2, 0.25) is 0 Å². The van der Waals surface area contributed by atoms with E-state index in [0.29, 0.717) is 32.2 Å². The molecule has 2 aliphatic carbocycles. The Hall–Kier alpha value is -2.76. The molecule has 196 valence electrons. The summed E-state index contributed by atoms with van der Waals surface area (Å²) in [5, 5.41) is 23.8. The number of nitrogens with zero attached hydrogens (tertiary/aromatic N) is 1. The lowest BCUT2D eigenvalue weighted by atomic mass is 9.58. The molecule has 2 N–H and O–H groups in total. The van der Waals surface area contributed by atoms with Crippen LogP contribution in [-0.2, 0) is 16.1 Å². The maximum atomic E-state index is 13.7. The molecule has 2 fully saturated rings. The number of carbonyl (C=O) groups excluding carboxylic acids is 2. The van der Waals surface area contributed by atoms with Crippen molar-refractivity contribution in [2.45, 2.75) is 78.0 Å². The minimum absolute atomic E-state index is 0.0153. The van der Waals surface area contributed by atoms with Gasteiger partial charge in [-0.3, -0.25) is 9.59 Å².